The van der Waals surface area contributed by atoms with Crippen molar-refractivity contribution < 1.29 is 18.0 Å². The number of sulfonamides is 1. The van der Waals surface area contributed by atoms with Crippen LogP contribution < -0.4 is 10.2 Å². The number of benzene rings is 1. The van der Waals surface area contributed by atoms with E-state index in [9.17, 15) is 18.0 Å². The van der Waals surface area contributed by atoms with Gasteiger partial charge in [0.1, 0.15) is 4.21 Å². The van der Waals surface area contributed by atoms with E-state index in [-0.39, 0.29) is 24.8 Å². The van der Waals surface area contributed by atoms with E-state index in [0.29, 0.717) is 23.8 Å². The third-order valence-electron chi connectivity index (χ3n) is 6.03. The second-order valence-corrected chi connectivity index (χ2v) is 11.6. The second-order valence-electron chi connectivity index (χ2n) is 8.22. The van der Waals surface area contributed by atoms with Gasteiger partial charge in [-0.25, -0.2) is 8.42 Å². The molecule has 31 heavy (non-hydrogen) atoms. The summed E-state index contributed by atoms with van der Waals surface area (Å²) in [7, 11) is -3.44. The first-order valence-corrected chi connectivity index (χ1v) is 12.8. The first-order valence-electron chi connectivity index (χ1n) is 10.5. The fraction of sp³-hybridized carbons (Fsp3) is 0.455. The van der Waals surface area contributed by atoms with Gasteiger partial charge in [-0.05, 0) is 62.1 Å². The summed E-state index contributed by atoms with van der Waals surface area (Å²) >= 11 is 1.19. The molecule has 2 aromatic rings. The molecule has 0 bridgehead atoms. The van der Waals surface area contributed by atoms with Crippen molar-refractivity contribution in [2.24, 2.45) is 5.92 Å². The average Bonchev–Trinajstić information content (AvgIpc) is 3.49. The molecule has 1 aromatic heterocycles. The Hall–Kier alpha value is -2.23. The van der Waals surface area contributed by atoms with Crippen molar-refractivity contribution in [2.45, 2.75) is 43.9 Å². The molecule has 1 N–H and O–H groups in total. The van der Waals surface area contributed by atoms with E-state index >= 15 is 0 Å². The van der Waals surface area contributed by atoms with Gasteiger partial charge in [0.05, 0.1) is 12.5 Å². The molecule has 1 atom stereocenters. The van der Waals surface area contributed by atoms with E-state index in [4.69, 9.17) is 0 Å². The lowest BCUT2D eigenvalue weighted by Gasteiger charge is -2.18. The number of thiophene rings is 1. The monoisotopic (exact) mass is 461 g/mol. The van der Waals surface area contributed by atoms with Gasteiger partial charge >= 0.3 is 0 Å². The maximum atomic E-state index is 12.7. The number of amides is 2. The zero-order valence-corrected chi connectivity index (χ0v) is 19.4. The lowest BCUT2D eigenvalue weighted by atomic mass is 10.1. The van der Waals surface area contributed by atoms with Crippen LogP contribution in [0, 0.1) is 19.8 Å². The number of nitrogens with zero attached hydrogens (tertiary/aromatic N) is 2. The van der Waals surface area contributed by atoms with Gasteiger partial charge in [0.2, 0.25) is 11.8 Å². The smallest absolute Gasteiger partial charge is 0.252 e. The third kappa shape index (κ3) is 4.53. The van der Waals surface area contributed by atoms with Crippen LogP contribution in [0.2, 0.25) is 0 Å². The Morgan fingerprint density at radius 3 is 2.58 bits per heavy atom. The van der Waals surface area contributed by atoms with Crippen molar-refractivity contribution in [2.75, 3.05) is 24.5 Å². The highest BCUT2D eigenvalue weighted by Crippen LogP contribution is 2.29. The molecule has 1 aromatic carbocycles. The minimum Gasteiger partial charge on any atom is -0.351 e. The van der Waals surface area contributed by atoms with E-state index in [2.05, 4.69) is 5.32 Å². The Balaban J connectivity index is 1.36. The van der Waals surface area contributed by atoms with Crippen LogP contribution in [0.3, 0.4) is 0 Å². The predicted octanol–water partition coefficient (Wildman–Crippen LogP) is 2.82. The molecule has 0 unspecified atom stereocenters. The fourth-order valence-electron chi connectivity index (χ4n) is 3.99. The summed E-state index contributed by atoms with van der Waals surface area (Å²) < 4.78 is 27.1. The first-order chi connectivity index (χ1) is 14.8. The molecular weight excluding hydrogens is 434 g/mol. The van der Waals surface area contributed by atoms with Crippen molar-refractivity contribution in [1.29, 1.82) is 0 Å². The predicted molar refractivity (Wildman–Crippen MR) is 121 cm³/mol. The van der Waals surface area contributed by atoms with Gasteiger partial charge in [-0.1, -0.05) is 6.07 Å². The molecule has 4 rings (SSSR count). The number of hydrogen-bond donors (Lipinski definition) is 1. The molecule has 0 aliphatic carbocycles. The molecule has 166 valence electrons. The van der Waals surface area contributed by atoms with Crippen molar-refractivity contribution in [1.82, 2.24) is 9.62 Å². The maximum Gasteiger partial charge on any atom is 0.252 e. The summed E-state index contributed by atoms with van der Waals surface area (Å²) in [5.74, 6) is -0.655. The van der Waals surface area contributed by atoms with E-state index in [0.717, 1.165) is 34.5 Å². The summed E-state index contributed by atoms with van der Waals surface area (Å²) in [6.07, 6.45) is 1.97. The van der Waals surface area contributed by atoms with Crippen LogP contribution in [0.1, 0.15) is 35.3 Å². The molecule has 9 heteroatoms. The Morgan fingerprint density at radius 2 is 1.87 bits per heavy atom. The number of nitrogens with one attached hydrogen (secondary N) is 1. The van der Waals surface area contributed by atoms with Crippen LogP contribution >= 0.6 is 11.3 Å². The van der Waals surface area contributed by atoms with Gasteiger partial charge in [-0.3, -0.25) is 9.59 Å². The van der Waals surface area contributed by atoms with Gasteiger partial charge in [0, 0.05) is 36.6 Å². The Bertz CT molecular complexity index is 1100. The van der Waals surface area contributed by atoms with Gasteiger partial charge in [0.25, 0.3) is 10.0 Å². The zero-order chi connectivity index (χ0) is 22.2. The van der Waals surface area contributed by atoms with Crippen molar-refractivity contribution in [3.8, 4) is 0 Å². The number of carbonyl (C=O) groups is 2. The number of anilines is 1. The molecule has 7 nitrogen and oxygen atoms in total. The van der Waals surface area contributed by atoms with Gasteiger partial charge in [-0.15, -0.1) is 11.3 Å². The SMILES string of the molecule is Cc1ccc(N2C[C@@H](C(=O)NCc3ccc(S(=O)(=O)N4CCCC4)s3)CC2=O)cc1C. The molecule has 2 fully saturated rings. The molecular formula is C22H27N3O4S2. The van der Waals surface area contributed by atoms with Crippen molar-refractivity contribution in [3.05, 3.63) is 46.3 Å². The highest BCUT2D eigenvalue weighted by molar-refractivity contribution is 7.91. The number of carbonyl (C=O) groups excluding carboxylic acids is 2. The normalized spacial score (nSPS) is 19.9. The number of hydrogen-bond acceptors (Lipinski definition) is 5. The molecule has 2 amide bonds. The first kappa shape index (κ1) is 22.0. The molecule has 0 spiro atoms. The summed E-state index contributed by atoms with van der Waals surface area (Å²) in [6, 6.07) is 9.22. The second kappa shape index (κ2) is 8.72. The van der Waals surface area contributed by atoms with E-state index in [1.54, 1.807) is 17.0 Å². The van der Waals surface area contributed by atoms with Gasteiger partial charge in [-0.2, -0.15) is 4.31 Å². The fourth-order valence-corrected chi connectivity index (χ4v) is 6.96. The Labute approximate surface area is 187 Å². The summed E-state index contributed by atoms with van der Waals surface area (Å²) in [6.45, 7) is 5.77. The maximum absolute atomic E-state index is 12.7. The van der Waals surface area contributed by atoms with E-state index in [1.807, 2.05) is 32.0 Å². The van der Waals surface area contributed by atoms with Crippen LogP contribution in [0.4, 0.5) is 5.69 Å². The topological polar surface area (TPSA) is 86.8 Å². The van der Waals surface area contributed by atoms with E-state index < -0.39 is 15.9 Å². The molecule has 2 aliphatic heterocycles. The summed E-state index contributed by atoms with van der Waals surface area (Å²) in [4.78, 5) is 27.6. The highest BCUT2D eigenvalue weighted by Gasteiger charge is 2.35. The van der Waals surface area contributed by atoms with Gasteiger partial charge < -0.3 is 10.2 Å². The standard InChI is InChI=1S/C22H27N3O4S2/c1-15-5-6-18(11-16(15)2)25-14-17(12-20(25)26)22(27)23-13-19-7-8-21(30-19)31(28,29)24-9-3-4-10-24/h5-8,11,17H,3-4,9-10,12-14H2,1-2H3,(H,23,27)/t17-/m0/s1. The lowest BCUT2D eigenvalue weighted by molar-refractivity contribution is -0.126. The lowest BCUT2D eigenvalue weighted by Crippen LogP contribution is -2.32. The van der Waals surface area contributed by atoms with Crippen LogP contribution in [-0.4, -0.2) is 44.2 Å². The number of rotatable bonds is 6. The largest absolute Gasteiger partial charge is 0.351 e. The third-order valence-corrected chi connectivity index (χ3v) is 9.48. The molecule has 0 radical (unpaired) electrons. The van der Waals surface area contributed by atoms with Crippen LogP contribution in [0.25, 0.3) is 0 Å². The van der Waals surface area contributed by atoms with Gasteiger partial charge in [0.15, 0.2) is 0 Å². The number of aryl methyl sites for hydroxylation is 2. The molecule has 2 saturated heterocycles. The quantitative estimate of drug-likeness (QED) is 0.717. The molecule has 2 aliphatic rings. The van der Waals surface area contributed by atoms with Crippen molar-refractivity contribution >= 4 is 38.9 Å². The minimum atomic E-state index is -3.44. The zero-order valence-electron chi connectivity index (χ0n) is 17.8. The Morgan fingerprint density at radius 1 is 1.13 bits per heavy atom. The summed E-state index contributed by atoms with van der Waals surface area (Å²) in [5.41, 5.74) is 3.08. The Kier molecular flexibility index (Phi) is 6.18. The molecule has 0 saturated carbocycles. The highest BCUT2D eigenvalue weighted by atomic mass is 32.2. The summed E-state index contributed by atoms with van der Waals surface area (Å²) in [5, 5.41) is 2.87. The van der Waals surface area contributed by atoms with Crippen LogP contribution in [0.5, 0.6) is 0 Å². The average molecular weight is 462 g/mol. The molecule has 3 heterocycles. The van der Waals surface area contributed by atoms with Crippen LogP contribution in [-0.2, 0) is 26.2 Å². The van der Waals surface area contributed by atoms with E-state index in [1.165, 1.54) is 15.6 Å². The van der Waals surface area contributed by atoms with Crippen LogP contribution in [0.15, 0.2) is 34.5 Å². The van der Waals surface area contributed by atoms with Crippen molar-refractivity contribution in [3.63, 3.8) is 0 Å². The minimum absolute atomic E-state index is 0.0569.